The normalized spacial score (nSPS) is 18.7. The van der Waals surface area contributed by atoms with Gasteiger partial charge in [-0.05, 0) is 12.1 Å². The number of likely N-dealkylation sites (tertiary alicyclic amines) is 1. The molecule has 1 aromatic carbocycles. The monoisotopic (exact) mass is 299 g/mol. The van der Waals surface area contributed by atoms with E-state index in [0.29, 0.717) is 18.7 Å². The lowest BCUT2D eigenvalue weighted by Gasteiger charge is -2.41. The first-order valence-electron chi connectivity index (χ1n) is 7.01. The van der Waals surface area contributed by atoms with Crippen molar-refractivity contribution in [3.05, 3.63) is 36.1 Å². The number of urea groups is 1. The number of benzene rings is 1. The van der Waals surface area contributed by atoms with Gasteiger partial charge in [-0.15, -0.1) is 0 Å². The highest BCUT2D eigenvalue weighted by molar-refractivity contribution is 6.03. The van der Waals surface area contributed by atoms with Crippen molar-refractivity contribution in [3.63, 3.8) is 0 Å². The van der Waals surface area contributed by atoms with E-state index in [1.807, 2.05) is 18.2 Å². The van der Waals surface area contributed by atoms with Gasteiger partial charge in [-0.2, -0.15) is 0 Å². The first-order valence-corrected chi connectivity index (χ1v) is 7.01. The third-order valence-electron chi connectivity index (χ3n) is 4.03. The molecule has 2 saturated heterocycles. The Morgan fingerprint density at radius 1 is 1.23 bits per heavy atom. The van der Waals surface area contributed by atoms with Gasteiger partial charge in [-0.25, -0.2) is 4.79 Å². The Morgan fingerprint density at radius 3 is 2.68 bits per heavy atom. The molecule has 4 rings (SSSR count). The second-order valence-corrected chi connectivity index (χ2v) is 5.43. The van der Waals surface area contributed by atoms with Crippen molar-refractivity contribution in [2.24, 2.45) is 0 Å². The zero-order valence-electron chi connectivity index (χ0n) is 11.6. The van der Waals surface area contributed by atoms with Gasteiger partial charge in [0.15, 0.2) is 5.76 Å². The highest BCUT2D eigenvalue weighted by Gasteiger charge is 2.43. The molecule has 1 N–H and O–H groups in total. The predicted octanol–water partition coefficient (Wildman–Crippen LogP) is 0.809. The number of nitrogens with zero attached hydrogens (tertiary/aromatic N) is 2. The summed E-state index contributed by atoms with van der Waals surface area (Å²) in [6, 6.07) is 8.48. The number of para-hydroxylation sites is 1. The summed E-state index contributed by atoms with van der Waals surface area (Å²) in [6.45, 7) is 0.719. The van der Waals surface area contributed by atoms with Crippen LogP contribution in [-0.4, -0.2) is 53.3 Å². The average Bonchev–Trinajstić information content (AvgIpc) is 3.03. The minimum Gasteiger partial charge on any atom is -0.451 e. The number of hydrogen-bond donors (Lipinski definition) is 1. The fourth-order valence-electron chi connectivity index (χ4n) is 2.83. The van der Waals surface area contributed by atoms with E-state index in [4.69, 9.17) is 4.42 Å². The first-order chi connectivity index (χ1) is 10.6. The van der Waals surface area contributed by atoms with Gasteiger partial charge in [0.25, 0.3) is 5.91 Å². The van der Waals surface area contributed by atoms with E-state index in [0.717, 1.165) is 5.39 Å². The molecule has 2 aliphatic rings. The molecule has 1 aromatic heterocycles. The van der Waals surface area contributed by atoms with Crippen molar-refractivity contribution in [2.45, 2.75) is 6.04 Å². The molecular formula is C15H13N3O4. The molecule has 0 aliphatic carbocycles. The van der Waals surface area contributed by atoms with Crippen LogP contribution in [0.2, 0.25) is 0 Å². The number of furan rings is 1. The lowest BCUT2D eigenvalue weighted by molar-refractivity contribution is -0.128. The van der Waals surface area contributed by atoms with Crippen LogP contribution in [0.25, 0.3) is 11.0 Å². The van der Waals surface area contributed by atoms with E-state index in [1.54, 1.807) is 17.0 Å². The van der Waals surface area contributed by atoms with E-state index in [2.05, 4.69) is 5.32 Å². The van der Waals surface area contributed by atoms with Gasteiger partial charge < -0.3 is 14.6 Å². The molecule has 4 amide bonds. The van der Waals surface area contributed by atoms with Crippen LogP contribution in [0, 0.1) is 0 Å². The molecule has 2 fully saturated rings. The van der Waals surface area contributed by atoms with Gasteiger partial charge in [0.1, 0.15) is 5.58 Å². The van der Waals surface area contributed by atoms with Crippen molar-refractivity contribution in [2.75, 3.05) is 19.6 Å². The Bertz CT molecular complexity index is 742. The molecule has 0 spiro atoms. The molecule has 0 bridgehead atoms. The van der Waals surface area contributed by atoms with Crippen LogP contribution in [0.1, 0.15) is 10.6 Å². The summed E-state index contributed by atoms with van der Waals surface area (Å²) in [5, 5.41) is 3.35. The van der Waals surface area contributed by atoms with E-state index in [9.17, 15) is 14.4 Å². The number of carbonyl (C=O) groups is 3. The SMILES string of the molecule is O=C(c1cc2ccccc2o1)N1CC(N2C(=O)CNC2=O)C1. The van der Waals surface area contributed by atoms with Crippen LogP contribution in [0.4, 0.5) is 4.79 Å². The Kier molecular flexibility index (Phi) is 2.69. The first kappa shape index (κ1) is 12.9. The number of carbonyl (C=O) groups excluding carboxylic acids is 3. The maximum atomic E-state index is 12.3. The zero-order valence-corrected chi connectivity index (χ0v) is 11.6. The Labute approximate surface area is 125 Å². The van der Waals surface area contributed by atoms with Gasteiger partial charge in [-0.1, -0.05) is 18.2 Å². The quantitative estimate of drug-likeness (QED) is 0.832. The molecule has 0 radical (unpaired) electrons. The number of imide groups is 1. The van der Waals surface area contributed by atoms with Gasteiger partial charge in [0, 0.05) is 18.5 Å². The summed E-state index contributed by atoms with van der Waals surface area (Å²) < 4.78 is 5.54. The Balaban J connectivity index is 1.47. The van der Waals surface area contributed by atoms with Crippen LogP contribution in [0.15, 0.2) is 34.7 Å². The summed E-state index contributed by atoms with van der Waals surface area (Å²) in [6.07, 6.45) is 0. The van der Waals surface area contributed by atoms with Crippen LogP contribution in [-0.2, 0) is 4.79 Å². The molecule has 7 nitrogen and oxygen atoms in total. The van der Waals surface area contributed by atoms with Crippen LogP contribution in [0.3, 0.4) is 0 Å². The number of fused-ring (bicyclic) bond motifs is 1. The van der Waals surface area contributed by atoms with E-state index in [-0.39, 0.29) is 36.2 Å². The Morgan fingerprint density at radius 2 is 2.00 bits per heavy atom. The standard InChI is InChI=1S/C15H13N3O4/c19-13-6-16-15(21)18(13)10-7-17(8-10)14(20)12-5-9-3-1-2-4-11(9)22-12/h1-5,10H,6-8H2,(H,16,21). The van der Waals surface area contributed by atoms with Crippen molar-refractivity contribution >= 4 is 28.8 Å². The van der Waals surface area contributed by atoms with E-state index >= 15 is 0 Å². The number of hydrogen-bond acceptors (Lipinski definition) is 4. The predicted molar refractivity (Wildman–Crippen MR) is 76.2 cm³/mol. The largest absolute Gasteiger partial charge is 0.451 e. The van der Waals surface area contributed by atoms with Gasteiger partial charge in [0.05, 0.1) is 12.6 Å². The third kappa shape index (κ3) is 1.86. The molecule has 0 saturated carbocycles. The highest BCUT2D eigenvalue weighted by Crippen LogP contribution is 2.24. The van der Waals surface area contributed by atoms with Crippen molar-refractivity contribution in [1.82, 2.24) is 15.1 Å². The van der Waals surface area contributed by atoms with Crippen LogP contribution in [0.5, 0.6) is 0 Å². The van der Waals surface area contributed by atoms with Crippen LogP contribution >= 0.6 is 0 Å². The molecule has 2 aliphatic heterocycles. The molecule has 7 heteroatoms. The van der Waals surface area contributed by atoms with Gasteiger partial charge in [-0.3, -0.25) is 14.5 Å². The second-order valence-electron chi connectivity index (χ2n) is 5.43. The van der Waals surface area contributed by atoms with E-state index < -0.39 is 0 Å². The molecule has 2 aromatic rings. The fraction of sp³-hybridized carbons (Fsp3) is 0.267. The van der Waals surface area contributed by atoms with Gasteiger partial charge >= 0.3 is 6.03 Å². The maximum absolute atomic E-state index is 12.3. The number of amides is 4. The second kappa shape index (κ2) is 4.59. The summed E-state index contributed by atoms with van der Waals surface area (Å²) in [4.78, 5) is 38.3. The molecular weight excluding hydrogens is 286 g/mol. The Hall–Kier alpha value is -2.83. The minimum atomic E-state index is -0.383. The lowest BCUT2D eigenvalue weighted by atomic mass is 10.1. The summed E-state index contributed by atoms with van der Waals surface area (Å²) in [7, 11) is 0. The number of nitrogens with one attached hydrogen (secondary N) is 1. The van der Waals surface area contributed by atoms with Crippen molar-refractivity contribution in [1.29, 1.82) is 0 Å². The third-order valence-corrected chi connectivity index (χ3v) is 4.03. The van der Waals surface area contributed by atoms with Crippen molar-refractivity contribution < 1.29 is 18.8 Å². The van der Waals surface area contributed by atoms with Gasteiger partial charge in [0.2, 0.25) is 5.91 Å². The fourth-order valence-corrected chi connectivity index (χ4v) is 2.83. The molecule has 22 heavy (non-hydrogen) atoms. The lowest BCUT2D eigenvalue weighted by Crippen LogP contribution is -2.62. The smallest absolute Gasteiger partial charge is 0.324 e. The topological polar surface area (TPSA) is 82.9 Å². The molecule has 112 valence electrons. The van der Waals surface area contributed by atoms with Crippen LogP contribution < -0.4 is 5.32 Å². The van der Waals surface area contributed by atoms with E-state index in [1.165, 1.54) is 4.90 Å². The minimum absolute atomic E-state index is 0.0346. The maximum Gasteiger partial charge on any atom is 0.324 e. The summed E-state index contributed by atoms with van der Waals surface area (Å²) in [5.41, 5.74) is 0.664. The summed E-state index contributed by atoms with van der Waals surface area (Å²) in [5.74, 6) is -0.192. The molecule has 3 heterocycles. The average molecular weight is 299 g/mol. The van der Waals surface area contributed by atoms with Crippen molar-refractivity contribution in [3.8, 4) is 0 Å². The summed E-state index contributed by atoms with van der Waals surface area (Å²) >= 11 is 0. The molecule has 0 unspecified atom stereocenters. The highest BCUT2D eigenvalue weighted by atomic mass is 16.3. The number of rotatable bonds is 2. The zero-order chi connectivity index (χ0) is 15.3. The molecule has 0 atom stereocenters.